The van der Waals surface area contributed by atoms with Crippen LogP contribution in [-0.4, -0.2) is 67.9 Å². The van der Waals surface area contributed by atoms with Crippen molar-refractivity contribution in [1.82, 2.24) is 30.8 Å². The molecule has 0 radical (unpaired) electrons. The van der Waals surface area contributed by atoms with Gasteiger partial charge in [-0.2, -0.15) is 4.80 Å². The van der Waals surface area contributed by atoms with Crippen LogP contribution in [-0.2, 0) is 24.2 Å². The lowest BCUT2D eigenvalue weighted by molar-refractivity contribution is -0.121. The van der Waals surface area contributed by atoms with E-state index in [-0.39, 0.29) is 30.1 Å². The summed E-state index contributed by atoms with van der Waals surface area (Å²) in [6, 6.07) is 5.03. The normalized spacial score (nSPS) is 20.8. The molecule has 29 heavy (non-hydrogen) atoms. The minimum atomic E-state index is -1.36. The minimum Gasteiger partial charge on any atom is -0.534 e. The Morgan fingerprint density at radius 3 is 3.03 bits per heavy atom. The van der Waals surface area contributed by atoms with Gasteiger partial charge in [0.2, 0.25) is 5.91 Å². The van der Waals surface area contributed by atoms with E-state index in [9.17, 15) is 19.7 Å². The topological polar surface area (TPSA) is 151 Å². The number of carboxylic acids is 1. The summed E-state index contributed by atoms with van der Waals surface area (Å²) < 4.78 is 5.37. The number of benzene rings is 1. The van der Waals surface area contributed by atoms with Gasteiger partial charge in [0.05, 0.1) is 24.5 Å². The molecular formula is C17H21BN6O5. The predicted octanol–water partition coefficient (Wildman–Crippen LogP) is -1.19. The van der Waals surface area contributed by atoms with Gasteiger partial charge >= 0.3 is 13.1 Å². The molecule has 1 saturated heterocycles. The summed E-state index contributed by atoms with van der Waals surface area (Å²) in [7, 11) is -1.36. The van der Waals surface area contributed by atoms with Crippen molar-refractivity contribution < 1.29 is 24.4 Å². The number of aromatic nitrogens is 4. The molecule has 1 fully saturated rings. The number of para-hydroxylation sites is 1. The number of carbonyl (C=O) groups excluding carboxylic acids is 1. The Bertz CT molecular complexity index is 915. The van der Waals surface area contributed by atoms with E-state index in [0.717, 1.165) is 19.4 Å². The number of fused-ring (bicyclic) bond motifs is 1. The Kier molecular flexibility index (Phi) is 5.45. The number of rotatable bonds is 6. The van der Waals surface area contributed by atoms with E-state index in [1.165, 1.54) is 10.9 Å². The maximum absolute atomic E-state index is 12.4. The number of hydrogen-bond donors (Lipinski definition) is 4. The standard InChI is InChI=1S/C17H21BN6O5/c25-15(8-14-21-23-24(22-14)9-11-4-2-6-19-11)20-13-7-10-3-1-5-12(17(26)27)16(10)29-18(13)28/h1,3,5,11,13,19,28H,2,4,6-9H2,(H,20,25)(H,26,27)/t11?,13-/m0/s1. The summed E-state index contributed by atoms with van der Waals surface area (Å²) in [5, 5.41) is 37.6. The molecule has 152 valence electrons. The lowest BCUT2D eigenvalue weighted by atomic mass is 9.72. The molecule has 2 aliphatic rings. The van der Waals surface area contributed by atoms with E-state index in [0.29, 0.717) is 24.0 Å². The third-order valence-corrected chi connectivity index (χ3v) is 5.05. The first-order valence-electron chi connectivity index (χ1n) is 9.49. The van der Waals surface area contributed by atoms with Crippen LogP contribution in [0.25, 0.3) is 0 Å². The Morgan fingerprint density at radius 1 is 1.41 bits per heavy atom. The monoisotopic (exact) mass is 400 g/mol. The van der Waals surface area contributed by atoms with Gasteiger partial charge in [-0.15, -0.1) is 10.2 Å². The average Bonchev–Trinajstić information content (AvgIpc) is 3.34. The summed E-state index contributed by atoms with van der Waals surface area (Å²) in [6.07, 6.45) is 2.35. The number of amides is 1. The first kappa shape index (κ1) is 19.3. The zero-order chi connectivity index (χ0) is 20.4. The van der Waals surface area contributed by atoms with E-state index >= 15 is 0 Å². The Hall–Kier alpha value is -2.99. The van der Waals surface area contributed by atoms with Crippen LogP contribution >= 0.6 is 0 Å². The number of tetrazole rings is 1. The van der Waals surface area contributed by atoms with Gasteiger partial charge in [-0.1, -0.05) is 12.1 Å². The summed E-state index contributed by atoms with van der Waals surface area (Å²) >= 11 is 0. The van der Waals surface area contributed by atoms with Crippen molar-refractivity contribution in [2.45, 2.75) is 44.2 Å². The minimum absolute atomic E-state index is 0.0242. The fraction of sp³-hybridized carbons (Fsp3) is 0.471. The van der Waals surface area contributed by atoms with E-state index < -0.39 is 19.0 Å². The highest BCUT2D eigenvalue weighted by Gasteiger charge is 2.37. The first-order valence-corrected chi connectivity index (χ1v) is 9.49. The molecule has 12 heteroatoms. The third kappa shape index (κ3) is 4.38. The molecule has 0 saturated carbocycles. The van der Waals surface area contributed by atoms with Crippen LogP contribution < -0.4 is 15.3 Å². The molecule has 1 aromatic heterocycles. The average molecular weight is 400 g/mol. The zero-order valence-corrected chi connectivity index (χ0v) is 15.6. The Morgan fingerprint density at radius 2 is 2.28 bits per heavy atom. The van der Waals surface area contributed by atoms with Crippen molar-refractivity contribution in [3.8, 4) is 5.75 Å². The molecule has 0 bridgehead atoms. The van der Waals surface area contributed by atoms with Gasteiger partial charge in [-0.25, -0.2) is 4.79 Å². The van der Waals surface area contributed by atoms with Crippen molar-refractivity contribution >= 4 is 19.0 Å². The molecule has 4 rings (SSSR count). The van der Waals surface area contributed by atoms with Gasteiger partial charge in [0.15, 0.2) is 5.82 Å². The van der Waals surface area contributed by atoms with E-state index in [2.05, 4.69) is 26.0 Å². The molecule has 2 aliphatic heterocycles. The van der Waals surface area contributed by atoms with Gasteiger partial charge in [0.1, 0.15) is 5.75 Å². The summed E-state index contributed by atoms with van der Waals surface area (Å²) in [4.78, 5) is 25.1. The molecule has 11 nitrogen and oxygen atoms in total. The largest absolute Gasteiger partial charge is 0.547 e. The predicted molar refractivity (Wildman–Crippen MR) is 100 cm³/mol. The van der Waals surface area contributed by atoms with E-state index in [4.69, 9.17) is 4.65 Å². The lowest BCUT2D eigenvalue weighted by Crippen LogP contribution is -2.53. The van der Waals surface area contributed by atoms with Crippen molar-refractivity contribution in [3.05, 3.63) is 35.2 Å². The second-order valence-electron chi connectivity index (χ2n) is 7.22. The van der Waals surface area contributed by atoms with Crippen molar-refractivity contribution in [2.75, 3.05) is 6.54 Å². The highest BCUT2D eigenvalue weighted by molar-refractivity contribution is 6.47. The maximum atomic E-state index is 12.4. The van der Waals surface area contributed by atoms with Crippen LogP contribution in [0.15, 0.2) is 18.2 Å². The number of aromatic carboxylic acids is 1. The number of carbonyl (C=O) groups is 2. The second kappa shape index (κ2) is 8.17. The van der Waals surface area contributed by atoms with Crippen LogP contribution in [0.5, 0.6) is 5.75 Å². The van der Waals surface area contributed by atoms with Gasteiger partial charge in [-0.3, -0.25) is 4.79 Å². The molecule has 1 aromatic carbocycles. The van der Waals surface area contributed by atoms with Crippen LogP contribution in [0.4, 0.5) is 0 Å². The highest BCUT2D eigenvalue weighted by Crippen LogP contribution is 2.30. The van der Waals surface area contributed by atoms with Gasteiger partial charge in [0.25, 0.3) is 0 Å². The van der Waals surface area contributed by atoms with Crippen LogP contribution in [0.1, 0.15) is 34.6 Å². The molecular weight excluding hydrogens is 379 g/mol. The Balaban J connectivity index is 1.36. The molecule has 2 atom stereocenters. The molecule has 4 N–H and O–H groups in total. The highest BCUT2D eigenvalue weighted by atomic mass is 16.5. The maximum Gasteiger partial charge on any atom is 0.547 e. The lowest BCUT2D eigenvalue weighted by Gasteiger charge is -2.28. The summed E-state index contributed by atoms with van der Waals surface area (Å²) in [5.41, 5.74) is 0.581. The molecule has 3 heterocycles. The van der Waals surface area contributed by atoms with Crippen molar-refractivity contribution in [1.29, 1.82) is 0 Å². The fourth-order valence-electron chi connectivity index (χ4n) is 3.65. The summed E-state index contributed by atoms with van der Waals surface area (Å²) in [6.45, 7) is 1.59. The van der Waals surface area contributed by atoms with Crippen LogP contribution in [0.2, 0.25) is 0 Å². The molecule has 2 aromatic rings. The number of carboxylic acid groups (broad SMARTS) is 1. The van der Waals surface area contributed by atoms with Gasteiger partial charge in [0, 0.05) is 6.04 Å². The fourth-order valence-corrected chi connectivity index (χ4v) is 3.65. The van der Waals surface area contributed by atoms with E-state index in [1.54, 1.807) is 12.1 Å². The number of nitrogens with one attached hydrogen (secondary N) is 2. The molecule has 0 spiro atoms. The Labute approximate surface area is 166 Å². The summed E-state index contributed by atoms with van der Waals surface area (Å²) in [5.74, 6) is -1.81. The third-order valence-electron chi connectivity index (χ3n) is 5.05. The van der Waals surface area contributed by atoms with Crippen molar-refractivity contribution in [2.24, 2.45) is 0 Å². The van der Waals surface area contributed by atoms with Gasteiger partial charge in [-0.05, 0) is 42.7 Å². The van der Waals surface area contributed by atoms with Crippen LogP contribution in [0.3, 0.4) is 0 Å². The number of hydrogen-bond acceptors (Lipinski definition) is 8. The van der Waals surface area contributed by atoms with Crippen molar-refractivity contribution in [3.63, 3.8) is 0 Å². The second-order valence-corrected chi connectivity index (χ2v) is 7.22. The molecule has 1 amide bonds. The SMILES string of the molecule is O=C(Cc1nnn(CC2CCCN2)n1)N[C@H]1Cc2cccc(C(=O)O)c2OB1O. The number of nitrogens with zero attached hydrogens (tertiary/aromatic N) is 4. The zero-order valence-electron chi connectivity index (χ0n) is 15.6. The van der Waals surface area contributed by atoms with E-state index in [1.807, 2.05) is 0 Å². The van der Waals surface area contributed by atoms with Crippen LogP contribution in [0, 0.1) is 0 Å². The molecule has 1 unspecified atom stereocenters. The smallest absolute Gasteiger partial charge is 0.534 e. The van der Waals surface area contributed by atoms with Gasteiger partial charge < -0.3 is 25.4 Å². The first-order chi connectivity index (χ1) is 14.0. The quantitative estimate of drug-likeness (QED) is 0.439. The molecule has 0 aliphatic carbocycles.